The normalized spacial score (nSPS) is 15.5. The molecule has 12 rings (SSSR count). The molecule has 1 aliphatic carbocycles. The van der Waals surface area contributed by atoms with Crippen LogP contribution in [0.4, 0.5) is 0 Å². The molecule has 4 nitrogen and oxygen atoms in total. The fourth-order valence-corrected chi connectivity index (χ4v) is 11.2. The lowest BCUT2D eigenvalue weighted by atomic mass is 9.79. The summed E-state index contributed by atoms with van der Waals surface area (Å²) in [6.07, 6.45) is 14.0. The van der Waals surface area contributed by atoms with Crippen molar-refractivity contribution >= 4 is 55.9 Å². The van der Waals surface area contributed by atoms with E-state index in [1.807, 2.05) is 42.5 Å². The molecular formula is C75H58N4. The summed E-state index contributed by atoms with van der Waals surface area (Å²) in [5, 5.41) is 6.29. The number of aliphatic imine (C=N–C) groups is 2. The number of amidine groups is 2. The van der Waals surface area contributed by atoms with E-state index in [1.165, 1.54) is 38.7 Å². The first-order valence-corrected chi connectivity index (χ1v) is 26.9. The van der Waals surface area contributed by atoms with Crippen molar-refractivity contribution in [2.75, 3.05) is 0 Å². The van der Waals surface area contributed by atoms with Crippen molar-refractivity contribution in [3.8, 4) is 33.4 Å². The molecule has 1 aliphatic heterocycles. The zero-order valence-corrected chi connectivity index (χ0v) is 44.0. The summed E-state index contributed by atoms with van der Waals surface area (Å²) in [6.45, 7) is 16.6. The Morgan fingerprint density at radius 2 is 1.09 bits per heavy atom. The summed E-state index contributed by atoms with van der Waals surface area (Å²) in [5.41, 5.74) is 20.6. The van der Waals surface area contributed by atoms with E-state index in [0.29, 0.717) is 12.3 Å². The van der Waals surface area contributed by atoms with Gasteiger partial charge in [0.15, 0.2) is 5.84 Å². The van der Waals surface area contributed by atoms with Gasteiger partial charge in [0.25, 0.3) is 0 Å². The highest BCUT2D eigenvalue weighted by Gasteiger charge is 2.34. The number of nitrogens with one attached hydrogen (secondary N) is 1. The Morgan fingerprint density at radius 3 is 1.76 bits per heavy atom. The third kappa shape index (κ3) is 10.1. The van der Waals surface area contributed by atoms with Gasteiger partial charge in [-0.1, -0.05) is 257 Å². The fourth-order valence-electron chi connectivity index (χ4n) is 11.2. The average Bonchev–Trinajstić information content (AvgIpc) is 4.11. The number of benzene rings is 9. The first-order chi connectivity index (χ1) is 38.9. The van der Waals surface area contributed by atoms with Crippen LogP contribution in [-0.4, -0.2) is 16.2 Å². The zero-order chi connectivity index (χ0) is 53.7. The number of hydrogen-bond donors (Lipinski definition) is 1. The van der Waals surface area contributed by atoms with E-state index >= 15 is 0 Å². The van der Waals surface area contributed by atoms with Gasteiger partial charge in [0, 0.05) is 33.5 Å². The quantitative estimate of drug-likeness (QED) is 0.102. The number of fused-ring (bicyclic) bond motifs is 3. The fraction of sp³-hybridized carbons (Fsp3) is 0.0400. The first kappa shape index (κ1) is 49.7. The van der Waals surface area contributed by atoms with E-state index in [0.717, 1.165) is 83.7 Å². The average molecular weight is 1020 g/mol. The molecule has 0 saturated carbocycles. The first-order valence-electron chi connectivity index (χ1n) is 26.9. The molecule has 0 amide bonds. The third-order valence-electron chi connectivity index (χ3n) is 15.1. The summed E-state index contributed by atoms with van der Waals surface area (Å²) in [4.78, 5) is 11.1. The Labute approximate surface area is 463 Å². The number of para-hydroxylation sites is 1. The second-order valence-electron chi connectivity index (χ2n) is 20.0. The van der Waals surface area contributed by atoms with Gasteiger partial charge in [-0.05, 0) is 127 Å². The van der Waals surface area contributed by atoms with Crippen LogP contribution in [0.3, 0.4) is 0 Å². The minimum absolute atomic E-state index is 0.156. The van der Waals surface area contributed by atoms with Crippen LogP contribution in [0.1, 0.15) is 51.9 Å². The largest absolute Gasteiger partial charge is 0.344 e. The highest BCUT2D eigenvalue weighted by molar-refractivity contribution is 6.17. The number of hydrogen-bond acceptors (Lipinski definition) is 3. The smallest absolute Gasteiger partial charge is 0.159 e. The molecule has 4 heteroatoms. The van der Waals surface area contributed by atoms with Crippen molar-refractivity contribution in [1.82, 2.24) is 9.88 Å². The number of nitrogens with zero attached hydrogens (tertiary/aromatic N) is 3. The Bertz CT molecular complexity index is 4150. The lowest BCUT2D eigenvalue weighted by Gasteiger charge is -2.33. The standard InChI is InChI=1S/C75H58N4/c1-5-8-24-51(4)62-45-63(55-29-17-11-18-30-55)47-64(46-62)74-76-73(60-31-19-12-20-32-60)77-75(78-74)65-49-67(58-39-35-56(36-40-58)52(7-3)23-6-2)72(68(50-65)59-41-37-57(38-42-59)53-25-13-9-14-26-53)79-70-34-22-21-33-66(70)69-48-61(43-44-71(69)79)54-27-15-10-16-28-54/h5-48,50,67,73H,1-4,49H2,(H,76,77,78)/b24-8-,52-23+. The molecule has 0 fully saturated rings. The van der Waals surface area contributed by atoms with Crippen LogP contribution in [0.25, 0.3) is 77.6 Å². The molecule has 1 N–H and O–H groups in total. The van der Waals surface area contributed by atoms with Crippen molar-refractivity contribution in [1.29, 1.82) is 0 Å². The van der Waals surface area contributed by atoms with Gasteiger partial charge in [-0.25, -0.2) is 9.98 Å². The van der Waals surface area contributed by atoms with Crippen molar-refractivity contribution in [3.05, 3.63) is 338 Å². The van der Waals surface area contributed by atoms with Gasteiger partial charge < -0.3 is 9.88 Å². The Hall–Kier alpha value is -10.2. The Morgan fingerprint density at radius 1 is 0.506 bits per heavy atom. The molecule has 79 heavy (non-hydrogen) atoms. The minimum Gasteiger partial charge on any atom is -0.344 e. The predicted octanol–water partition coefficient (Wildman–Crippen LogP) is 18.9. The van der Waals surface area contributed by atoms with Gasteiger partial charge >= 0.3 is 0 Å². The van der Waals surface area contributed by atoms with Crippen LogP contribution in [0.5, 0.6) is 0 Å². The van der Waals surface area contributed by atoms with Crippen LogP contribution in [0.2, 0.25) is 0 Å². The molecule has 2 atom stereocenters. The lowest BCUT2D eigenvalue weighted by molar-refractivity contribution is 0.668. The minimum atomic E-state index is -0.431. The maximum Gasteiger partial charge on any atom is 0.159 e. The highest BCUT2D eigenvalue weighted by Crippen LogP contribution is 2.48. The summed E-state index contributed by atoms with van der Waals surface area (Å²) < 4.78 is 2.54. The monoisotopic (exact) mass is 1010 g/mol. The molecule has 2 aliphatic rings. The Balaban J connectivity index is 1.12. The zero-order valence-electron chi connectivity index (χ0n) is 44.0. The van der Waals surface area contributed by atoms with Crippen LogP contribution in [0, 0.1) is 0 Å². The van der Waals surface area contributed by atoms with Gasteiger partial charge in [-0.2, -0.15) is 0 Å². The van der Waals surface area contributed by atoms with E-state index in [1.54, 1.807) is 6.08 Å². The molecule has 0 radical (unpaired) electrons. The van der Waals surface area contributed by atoms with Crippen LogP contribution in [-0.2, 0) is 0 Å². The van der Waals surface area contributed by atoms with Crippen LogP contribution >= 0.6 is 0 Å². The number of allylic oxidation sites excluding steroid dienone is 11. The number of rotatable bonds is 15. The highest BCUT2D eigenvalue weighted by atomic mass is 15.2. The van der Waals surface area contributed by atoms with Crippen LogP contribution in [0.15, 0.2) is 315 Å². The molecule has 1 aromatic heterocycles. The summed E-state index contributed by atoms with van der Waals surface area (Å²) in [5.74, 6) is 1.25. The maximum absolute atomic E-state index is 5.62. The van der Waals surface area contributed by atoms with E-state index in [9.17, 15) is 0 Å². The van der Waals surface area contributed by atoms with Gasteiger partial charge in [0.2, 0.25) is 0 Å². The number of aromatic nitrogens is 1. The second-order valence-corrected chi connectivity index (χ2v) is 20.0. The second kappa shape index (κ2) is 22.2. The summed E-state index contributed by atoms with van der Waals surface area (Å²) >= 11 is 0. The van der Waals surface area contributed by atoms with Crippen molar-refractivity contribution < 1.29 is 0 Å². The predicted molar refractivity (Wildman–Crippen MR) is 337 cm³/mol. The van der Waals surface area contributed by atoms with E-state index in [2.05, 4.69) is 261 Å². The topological polar surface area (TPSA) is 41.7 Å². The van der Waals surface area contributed by atoms with E-state index in [4.69, 9.17) is 9.98 Å². The van der Waals surface area contributed by atoms with Gasteiger partial charge in [0.1, 0.15) is 12.0 Å². The van der Waals surface area contributed by atoms with Gasteiger partial charge in [-0.15, -0.1) is 0 Å². The Kier molecular flexibility index (Phi) is 14.0. The molecule has 9 aromatic carbocycles. The SMILES string of the molecule is C=C/C=C\C(=C)c1cc(C2=NC(c3ccccc3)NC(C3=CC(c4ccc(-c5ccccc5)cc4)=C(n4c5ccccc5c5cc(-c6ccccc6)ccc54)C(c4ccc(/C(C=C)=C/C=C)cc4)C3)=N2)cc(-c2ccccc2)c1. The molecule has 0 bridgehead atoms. The molecular weight excluding hydrogens is 957 g/mol. The molecule has 378 valence electrons. The maximum atomic E-state index is 5.62. The van der Waals surface area contributed by atoms with E-state index in [-0.39, 0.29) is 5.92 Å². The molecule has 2 unspecified atom stereocenters. The molecule has 0 saturated heterocycles. The van der Waals surface area contributed by atoms with Gasteiger partial charge in [-0.3, -0.25) is 0 Å². The molecule has 10 aromatic rings. The summed E-state index contributed by atoms with van der Waals surface area (Å²) in [6, 6.07) is 82.7. The van der Waals surface area contributed by atoms with Gasteiger partial charge in [0.05, 0.1) is 11.0 Å². The summed E-state index contributed by atoms with van der Waals surface area (Å²) in [7, 11) is 0. The van der Waals surface area contributed by atoms with Crippen LogP contribution < -0.4 is 5.32 Å². The van der Waals surface area contributed by atoms with E-state index < -0.39 is 6.17 Å². The third-order valence-corrected chi connectivity index (χ3v) is 15.1. The lowest BCUT2D eigenvalue weighted by Crippen LogP contribution is -2.35. The van der Waals surface area contributed by atoms with Crippen molar-refractivity contribution in [2.24, 2.45) is 9.98 Å². The molecule has 2 heterocycles. The van der Waals surface area contributed by atoms with Crippen molar-refractivity contribution in [3.63, 3.8) is 0 Å². The van der Waals surface area contributed by atoms with Crippen molar-refractivity contribution in [2.45, 2.75) is 18.5 Å². The molecule has 0 spiro atoms.